The second-order valence-corrected chi connectivity index (χ2v) is 7.26. The maximum absolute atomic E-state index is 3.50. The number of nitrogens with zero attached hydrogens (tertiary/aromatic N) is 1. The smallest absolute Gasteiger partial charge is 0.0457 e. The van der Waals surface area contributed by atoms with Crippen molar-refractivity contribution in [1.82, 2.24) is 9.88 Å². The van der Waals surface area contributed by atoms with Crippen LogP contribution in [0.25, 0.3) is 10.9 Å². The normalized spacial score (nSPS) is 26.6. The van der Waals surface area contributed by atoms with Crippen molar-refractivity contribution >= 4 is 10.9 Å². The average Bonchev–Trinajstić information content (AvgIpc) is 3.12. The van der Waals surface area contributed by atoms with E-state index < -0.39 is 0 Å². The molecule has 1 aromatic carbocycles. The number of hydrogen-bond donors (Lipinski definition) is 1. The zero-order valence-electron chi connectivity index (χ0n) is 13.2. The maximum Gasteiger partial charge on any atom is 0.0457 e. The first-order chi connectivity index (χ1) is 10.2. The first-order valence-electron chi connectivity index (χ1n) is 8.57. The molecule has 0 saturated carbocycles. The SMILES string of the molecule is CC(C)c1ccc2[nH]cc(C3CCN4CCCC4C3)c2c1. The van der Waals surface area contributed by atoms with Gasteiger partial charge in [0, 0.05) is 23.1 Å². The van der Waals surface area contributed by atoms with Gasteiger partial charge in [-0.15, -0.1) is 0 Å². The molecule has 0 amide bonds. The van der Waals surface area contributed by atoms with Gasteiger partial charge in [0.2, 0.25) is 0 Å². The van der Waals surface area contributed by atoms with Gasteiger partial charge in [-0.05, 0) is 73.9 Å². The van der Waals surface area contributed by atoms with Gasteiger partial charge in [-0.2, -0.15) is 0 Å². The third-order valence-corrected chi connectivity index (χ3v) is 5.66. The van der Waals surface area contributed by atoms with Gasteiger partial charge in [-0.25, -0.2) is 0 Å². The molecule has 2 fully saturated rings. The Balaban J connectivity index is 1.68. The maximum atomic E-state index is 3.50. The Morgan fingerprint density at radius 3 is 2.95 bits per heavy atom. The molecule has 2 nitrogen and oxygen atoms in total. The first-order valence-corrected chi connectivity index (χ1v) is 8.57. The summed E-state index contributed by atoms with van der Waals surface area (Å²) >= 11 is 0. The van der Waals surface area contributed by atoms with Gasteiger partial charge in [0.05, 0.1) is 0 Å². The van der Waals surface area contributed by atoms with E-state index in [1.807, 2.05) is 0 Å². The van der Waals surface area contributed by atoms with E-state index >= 15 is 0 Å². The second-order valence-electron chi connectivity index (χ2n) is 7.26. The van der Waals surface area contributed by atoms with Crippen LogP contribution in [0.1, 0.15) is 62.5 Å². The summed E-state index contributed by atoms with van der Waals surface area (Å²) in [6, 6.07) is 7.81. The fourth-order valence-corrected chi connectivity index (χ4v) is 4.36. The van der Waals surface area contributed by atoms with Crippen LogP contribution in [0.2, 0.25) is 0 Å². The third-order valence-electron chi connectivity index (χ3n) is 5.66. The zero-order chi connectivity index (χ0) is 14.4. The van der Waals surface area contributed by atoms with Crippen molar-refractivity contribution < 1.29 is 0 Å². The molecule has 2 unspecified atom stereocenters. The minimum Gasteiger partial charge on any atom is -0.361 e. The van der Waals surface area contributed by atoms with Gasteiger partial charge in [-0.1, -0.05) is 19.9 Å². The van der Waals surface area contributed by atoms with E-state index in [-0.39, 0.29) is 0 Å². The summed E-state index contributed by atoms with van der Waals surface area (Å²) in [5.74, 6) is 1.36. The largest absolute Gasteiger partial charge is 0.361 e. The Hall–Kier alpha value is -1.28. The molecule has 1 N–H and O–H groups in total. The molecular formula is C19H26N2. The Morgan fingerprint density at radius 1 is 1.19 bits per heavy atom. The van der Waals surface area contributed by atoms with Gasteiger partial charge in [0.25, 0.3) is 0 Å². The lowest BCUT2D eigenvalue weighted by Gasteiger charge is -2.34. The van der Waals surface area contributed by atoms with Gasteiger partial charge >= 0.3 is 0 Å². The number of rotatable bonds is 2. The standard InChI is InChI=1S/C19H26N2/c1-13(2)14-5-6-19-17(11-14)18(12-20-19)15-7-9-21-8-3-4-16(21)10-15/h5-6,11-13,15-16,20H,3-4,7-10H2,1-2H3. The number of piperidine rings is 1. The number of hydrogen-bond acceptors (Lipinski definition) is 1. The minimum atomic E-state index is 0.605. The lowest BCUT2D eigenvalue weighted by Crippen LogP contribution is -2.37. The van der Waals surface area contributed by atoms with Gasteiger partial charge in [-0.3, -0.25) is 0 Å². The van der Waals surface area contributed by atoms with Crippen molar-refractivity contribution in [2.75, 3.05) is 13.1 Å². The lowest BCUT2D eigenvalue weighted by molar-refractivity contribution is 0.181. The van der Waals surface area contributed by atoms with Crippen LogP contribution in [0, 0.1) is 0 Å². The van der Waals surface area contributed by atoms with Gasteiger partial charge in [0.1, 0.15) is 0 Å². The van der Waals surface area contributed by atoms with E-state index in [0.29, 0.717) is 5.92 Å². The van der Waals surface area contributed by atoms with E-state index in [4.69, 9.17) is 0 Å². The number of benzene rings is 1. The van der Waals surface area contributed by atoms with Crippen molar-refractivity contribution in [3.05, 3.63) is 35.5 Å². The van der Waals surface area contributed by atoms with Crippen LogP contribution >= 0.6 is 0 Å². The fourth-order valence-electron chi connectivity index (χ4n) is 4.36. The fraction of sp³-hybridized carbons (Fsp3) is 0.579. The molecule has 0 spiro atoms. The van der Waals surface area contributed by atoms with Crippen LogP contribution in [0.5, 0.6) is 0 Å². The summed E-state index contributed by atoms with van der Waals surface area (Å²) in [5, 5.41) is 1.47. The van der Waals surface area contributed by atoms with Crippen LogP contribution in [-0.2, 0) is 0 Å². The van der Waals surface area contributed by atoms with Crippen molar-refractivity contribution in [3.8, 4) is 0 Å². The van der Waals surface area contributed by atoms with Crippen molar-refractivity contribution in [2.45, 2.75) is 57.4 Å². The topological polar surface area (TPSA) is 19.0 Å². The van der Waals surface area contributed by atoms with E-state index in [0.717, 1.165) is 12.0 Å². The summed E-state index contributed by atoms with van der Waals surface area (Å²) in [6.07, 6.45) is 7.79. The molecule has 2 aliphatic heterocycles. The molecule has 0 radical (unpaired) electrons. The summed E-state index contributed by atoms with van der Waals surface area (Å²) in [5.41, 5.74) is 4.34. The molecule has 112 valence electrons. The highest BCUT2D eigenvalue weighted by atomic mass is 15.2. The van der Waals surface area contributed by atoms with E-state index in [2.05, 4.69) is 48.1 Å². The summed E-state index contributed by atoms with van der Waals surface area (Å²) < 4.78 is 0. The number of fused-ring (bicyclic) bond motifs is 2. The van der Waals surface area contributed by atoms with Crippen LogP contribution in [0.15, 0.2) is 24.4 Å². The number of H-pyrrole nitrogens is 1. The molecule has 0 aliphatic carbocycles. The molecule has 2 aliphatic rings. The molecular weight excluding hydrogens is 256 g/mol. The van der Waals surface area contributed by atoms with Crippen molar-refractivity contribution in [2.24, 2.45) is 0 Å². The van der Waals surface area contributed by atoms with Gasteiger partial charge in [0.15, 0.2) is 0 Å². The molecule has 4 rings (SSSR count). The minimum absolute atomic E-state index is 0.605. The van der Waals surface area contributed by atoms with Crippen molar-refractivity contribution in [3.63, 3.8) is 0 Å². The highest BCUT2D eigenvalue weighted by Crippen LogP contribution is 2.39. The van der Waals surface area contributed by atoms with Crippen molar-refractivity contribution in [1.29, 1.82) is 0 Å². The number of aromatic amines is 1. The van der Waals surface area contributed by atoms with E-state index in [9.17, 15) is 0 Å². The summed E-state index contributed by atoms with van der Waals surface area (Å²) in [6.45, 7) is 7.20. The summed E-state index contributed by atoms with van der Waals surface area (Å²) in [7, 11) is 0. The Labute approximate surface area is 127 Å². The highest BCUT2D eigenvalue weighted by molar-refractivity contribution is 5.84. The molecule has 2 heteroatoms. The predicted octanol–water partition coefficient (Wildman–Crippen LogP) is 4.63. The monoisotopic (exact) mass is 282 g/mol. The molecule has 1 aromatic heterocycles. The molecule has 0 bridgehead atoms. The van der Waals surface area contributed by atoms with E-state index in [1.165, 1.54) is 55.2 Å². The number of nitrogens with one attached hydrogen (secondary N) is 1. The zero-order valence-corrected chi connectivity index (χ0v) is 13.2. The average molecular weight is 282 g/mol. The number of aromatic nitrogens is 1. The molecule has 21 heavy (non-hydrogen) atoms. The van der Waals surface area contributed by atoms with Crippen LogP contribution in [-0.4, -0.2) is 29.0 Å². The second kappa shape index (κ2) is 5.17. The third kappa shape index (κ3) is 2.30. The van der Waals surface area contributed by atoms with Crippen LogP contribution in [0.3, 0.4) is 0 Å². The quantitative estimate of drug-likeness (QED) is 0.850. The molecule has 2 atom stereocenters. The Morgan fingerprint density at radius 2 is 2.10 bits per heavy atom. The van der Waals surface area contributed by atoms with E-state index in [1.54, 1.807) is 5.56 Å². The molecule has 3 heterocycles. The predicted molar refractivity (Wildman–Crippen MR) is 89.0 cm³/mol. The highest BCUT2D eigenvalue weighted by Gasteiger charge is 2.33. The Kier molecular flexibility index (Phi) is 3.30. The van der Waals surface area contributed by atoms with Crippen LogP contribution < -0.4 is 0 Å². The Bertz CT molecular complexity index is 640. The lowest BCUT2D eigenvalue weighted by atomic mass is 9.85. The summed E-state index contributed by atoms with van der Waals surface area (Å²) in [4.78, 5) is 6.21. The molecule has 2 saturated heterocycles. The van der Waals surface area contributed by atoms with Gasteiger partial charge < -0.3 is 9.88 Å². The molecule has 2 aromatic rings. The first kappa shape index (κ1) is 13.4. The van der Waals surface area contributed by atoms with Crippen LogP contribution in [0.4, 0.5) is 0 Å².